The van der Waals surface area contributed by atoms with Gasteiger partial charge < -0.3 is 18.9 Å². The van der Waals surface area contributed by atoms with Crippen LogP contribution < -0.4 is 14.2 Å². The number of rotatable bonds is 22. The highest BCUT2D eigenvalue weighted by Crippen LogP contribution is 2.30. The first-order chi connectivity index (χ1) is 24.4. The van der Waals surface area contributed by atoms with Gasteiger partial charge in [0.25, 0.3) is 0 Å². The minimum absolute atomic E-state index is 0.0494. The molecule has 0 saturated carbocycles. The van der Waals surface area contributed by atoms with Crippen molar-refractivity contribution in [1.29, 1.82) is 0 Å². The highest BCUT2D eigenvalue weighted by Gasteiger charge is 2.27. The van der Waals surface area contributed by atoms with Gasteiger partial charge in [0.05, 0.1) is 30.8 Å². The molecule has 0 aromatic heterocycles. The highest BCUT2D eigenvalue weighted by atomic mass is 19.1. The summed E-state index contributed by atoms with van der Waals surface area (Å²) in [4.78, 5) is 25.8. The van der Waals surface area contributed by atoms with Gasteiger partial charge in [0.1, 0.15) is 23.1 Å². The van der Waals surface area contributed by atoms with Crippen LogP contribution in [0.1, 0.15) is 138 Å². The van der Waals surface area contributed by atoms with Crippen LogP contribution in [0.5, 0.6) is 17.2 Å². The molecule has 0 radical (unpaired) electrons. The van der Waals surface area contributed by atoms with Crippen molar-refractivity contribution in [1.82, 2.24) is 0 Å². The quantitative estimate of drug-likeness (QED) is 0.0594. The lowest BCUT2D eigenvalue weighted by molar-refractivity contribution is -0.139. The first kappa shape index (κ1) is 39.1. The van der Waals surface area contributed by atoms with E-state index in [1.807, 2.05) is 13.0 Å². The van der Waals surface area contributed by atoms with Crippen LogP contribution in [-0.2, 0) is 29.0 Å². The molecule has 1 aliphatic rings. The van der Waals surface area contributed by atoms with E-state index in [4.69, 9.17) is 18.9 Å². The lowest BCUT2D eigenvalue weighted by Gasteiger charge is -2.23. The number of aryl methyl sites for hydroxylation is 1. The Kier molecular flexibility index (Phi) is 16.8. The summed E-state index contributed by atoms with van der Waals surface area (Å²) >= 11 is 0. The molecule has 7 heteroatoms. The van der Waals surface area contributed by atoms with Gasteiger partial charge in [0, 0.05) is 11.6 Å². The molecule has 1 unspecified atom stereocenters. The van der Waals surface area contributed by atoms with Crippen LogP contribution in [-0.4, -0.2) is 24.6 Å². The van der Waals surface area contributed by atoms with Crippen molar-refractivity contribution in [3.8, 4) is 17.2 Å². The molecule has 1 aliphatic carbocycles. The predicted octanol–water partition coefficient (Wildman–Crippen LogP) is 11.2. The Hall–Kier alpha value is -3.71. The van der Waals surface area contributed by atoms with Gasteiger partial charge in [0.15, 0.2) is 0 Å². The van der Waals surface area contributed by atoms with E-state index in [-0.39, 0.29) is 35.9 Å². The standard InChI is InChI=1S/C43H57FO6/c1-4-6-8-10-11-12-13-15-27-47-39-25-21-34-28-36(18-17-35(34)29-39)43(46)49-38-23-19-33(20-24-38)42(45)50-40-26-22-37(41(44)30-40)31-48-32(3)16-14-9-7-5-2/h19-26,29-30,32,36H,4-18,27-28,31H2,1-3H3/t32-,36?/m1/s1. The normalized spacial score (nSPS) is 14.5. The maximum Gasteiger partial charge on any atom is 0.343 e. The summed E-state index contributed by atoms with van der Waals surface area (Å²) < 4.78 is 37.7. The van der Waals surface area contributed by atoms with E-state index in [2.05, 4.69) is 26.0 Å². The average Bonchev–Trinajstić information content (AvgIpc) is 3.12. The third kappa shape index (κ3) is 13.2. The molecule has 0 saturated heterocycles. The second kappa shape index (κ2) is 21.5. The van der Waals surface area contributed by atoms with E-state index in [1.165, 1.54) is 88.0 Å². The zero-order chi connectivity index (χ0) is 35.6. The summed E-state index contributed by atoms with van der Waals surface area (Å²) in [5.41, 5.74) is 3.07. The fraction of sp³-hybridized carbons (Fsp3) is 0.535. The molecule has 6 nitrogen and oxygen atoms in total. The van der Waals surface area contributed by atoms with E-state index < -0.39 is 11.8 Å². The Morgan fingerprint density at radius 3 is 2.12 bits per heavy atom. The van der Waals surface area contributed by atoms with Gasteiger partial charge in [0.2, 0.25) is 0 Å². The summed E-state index contributed by atoms with van der Waals surface area (Å²) in [5.74, 6) is -0.270. The number of fused-ring (bicyclic) bond motifs is 1. The molecule has 0 amide bonds. The SMILES string of the molecule is CCCCCCCCCCOc1ccc2c(c1)CCC(C(=O)Oc1ccc(C(=O)Oc3ccc(CO[C@H](C)CCCCCC)c(F)c3)cc1)C2. The van der Waals surface area contributed by atoms with Gasteiger partial charge in [-0.05, 0) is 92.6 Å². The maximum atomic E-state index is 14.7. The van der Waals surface area contributed by atoms with Gasteiger partial charge in [-0.3, -0.25) is 4.79 Å². The number of benzene rings is 3. The predicted molar refractivity (Wildman–Crippen MR) is 197 cm³/mol. The van der Waals surface area contributed by atoms with Crippen molar-refractivity contribution in [2.24, 2.45) is 5.92 Å². The Morgan fingerprint density at radius 2 is 1.40 bits per heavy atom. The highest BCUT2D eigenvalue weighted by molar-refractivity contribution is 5.91. The molecule has 272 valence electrons. The topological polar surface area (TPSA) is 71.1 Å². The maximum absolute atomic E-state index is 14.7. The summed E-state index contributed by atoms with van der Waals surface area (Å²) in [6.45, 7) is 7.33. The number of carbonyl (C=O) groups is 2. The molecule has 50 heavy (non-hydrogen) atoms. The Morgan fingerprint density at radius 1 is 0.740 bits per heavy atom. The Balaban J connectivity index is 1.17. The van der Waals surface area contributed by atoms with Crippen LogP contribution in [0.15, 0.2) is 60.7 Å². The minimum Gasteiger partial charge on any atom is -0.494 e. The molecule has 0 aliphatic heterocycles. The van der Waals surface area contributed by atoms with Crippen molar-refractivity contribution >= 4 is 11.9 Å². The van der Waals surface area contributed by atoms with Crippen molar-refractivity contribution in [3.05, 3.63) is 88.7 Å². The first-order valence-electron chi connectivity index (χ1n) is 19.0. The zero-order valence-corrected chi connectivity index (χ0v) is 30.5. The fourth-order valence-corrected chi connectivity index (χ4v) is 6.36. The van der Waals surface area contributed by atoms with Gasteiger partial charge in [-0.1, -0.05) is 96.6 Å². The molecule has 2 atom stereocenters. The van der Waals surface area contributed by atoms with Crippen molar-refractivity contribution in [3.63, 3.8) is 0 Å². The molecule has 0 N–H and O–H groups in total. The first-order valence-corrected chi connectivity index (χ1v) is 19.0. The molecule has 0 fully saturated rings. The zero-order valence-electron chi connectivity index (χ0n) is 30.5. The molecule has 3 aromatic carbocycles. The minimum atomic E-state index is -0.628. The summed E-state index contributed by atoms with van der Waals surface area (Å²) in [6.07, 6.45) is 18.0. The Labute approximate surface area is 299 Å². The van der Waals surface area contributed by atoms with Crippen LogP contribution in [0.3, 0.4) is 0 Å². The second-order valence-electron chi connectivity index (χ2n) is 13.8. The molecular formula is C43H57FO6. The van der Waals surface area contributed by atoms with E-state index in [9.17, 15) is 14.0 Å². The number of unbranched alkanes of at least 4 members (excludes halogenated alkanes) is 10. The summed E-state index contributed by atoms with van der Waals surface area (Å²) in [7, 11) is 0. The number of hydrogen-bond donors (Lipinski definition) is 0. The lowest BCUT2D eigenvalue weighted by atomic mass is 9.84. The molecule has 3 aromatic rings. The van der Waals surface area contributed by atoms with Crippen LogP contribution >= 0.6 is 0 Å². The number of halogens is 1. The lowest BCUT2D eigenvalue weighted by Crippen LogP contribution is -2.26. The number of ether oxygens (including phenoxy) is 4. The van der Waals surface area contributed by atoms with Crippen LogP contribution in [0.4, 0.5) is 4.39 Å². The third-order valence-corrected chi connectivity index (χ3v) is 9.54. The van der Waals surface area contributed by atoms with Crippen molar-refractivity contribution in [2.75, 3.05) is 6.61 Å². The largest absolute Gasteiger partial charge is 0.494 e. The fourth-order valence-electron chi connectivity index (χ4n) is 6.36. The third-order valence-electron chi connectivity index (χ3n) is 9.54. The van der Waals surface area contributed by atoms with Gasteiger partial charge in [-0.2, -0.15) is 0 Å². The van der Waals surface area contributed by atoms with Gasteiger partial charge >= 0.3 is 11.9 Å². The average molecular weight is 689 g/mol. The van der Waals surface area contributed by atoms with Crippen LogP contribution in [0.2, 0.25) is 0 Å². The summed E-state index contributed by atoms with van der Waals surface area (Å²) in [5, 5.41) is 0. The molecule has 4 rings (SSSR count). The van der Waals surface area contributed by atoms with Gasteiger partial charge in [-0.15, -0.1) is 0 Å². The molecule has 0 heterocycles. The molecular weight excluding hydrogens is 631 g/mol. The molecule has 0 spiro atoms. The second-order valence-corrected chi connectivity index (χ2v) is 13.8. The smallest absolute Gasteiger partial charge is 0.343 e. The van der Waals surface area contributed by atoms with Crippen molar-refractivity contribution in [2.45, 2.75) is 136 Å². The summed E-state index contributed by atoms with van der Waals surface area (Å²) in [6, 6.07) is 16.8. The number of esters is 2. The van der Waals surface area contributed by atoms with E-state index in [0.717, 1.165) is 43.6 Å². The Bertz CT molecular complexity index is 1470. The van der Waals surface area contributed by atoms with E-state index >= 15 is 0 Å². The molecule has 0 bridgehead atoms. The van der Waals surface area contributed by atoms with Crippen LogP contribution in [0.25, 0.3) is 0 Å². The van der Waals surface area contributed by atoms with E-state index in [0.29, 0.717) is 24.2 Å². The number of carbonyl (C=O) groups excluding carboxylic acids is 2. The van der Waals surface area contributed by atoms with E-state index in [1.54, 1.807) is 24.3 Å². The monoisotopic (exact) mass is 688 g/mol. The van der Waals surface area contributed by atoms with Gasteiger partial charge in [-0.25, -0.2) is 9.18 Å². The van der Waals surface area contributed by atoms with Crippen molar-refractivity contribution < 1.29 is 32.9 Å². The number of hydrogen-bond acceptors (Lipinski definition) is 6. The van der Waals surface area contributed by atoms with Crippen LogP contribution in [0, 0.1) is 11.7 Å².